The van der Waals surface area contributed by atoms with Gasteiger partial charge in [0.05, 0.1) is 6.04 Å². The molecule has 9 heteroatoms. The van der Waals surface area contributed by atoms with Gasteiger partial charge in [-0.2, -0.15) is 0 Å². The zero-order valence-corrected chi connectivity index (χ0v) is 17.1. The largest absolute Gasteiger partial charge is 0.481 e. The number of aliphatic carboxylic acids is 1. The van der Waals surface area contributed by atoms with Gasteiger partial charge in [-0.05, 0) is 44.4 Å². The molecule has 2 heterocycles. The number of rotatable bonds is 7. The molecule has 4 amide bonds. The summed E-state index contributed by atoms with van der Waals surface area (Å²) in [6, 6.07) is 3.80. The maximum Gasteiger partial charge on any atom is 0.327 e. The monoisotopic (exact) mass is 419 g/mol. The molecule has 0 unspecified atom stereocenters. The number of likely N-dealkylation sites (tertiary alicyclic amines) is 1. The third-order valence-corrected chi connectivity index (χ3v) is 5.57. The summed E-state index contributed by atoms with van der Waals surface area (Å²) in [4.78, 5) is 53.8. The molecule has 1 aromatic rings. The Hall–Kier alpha value is -2.97. The number of nitrogens with zero attached hydrogens (tertiary/aromatic N) is 3. The summed E-state index contributed by atoms with van der Waals surface area (Å²) in [7, 11) is 0. The van der Waals surface area contributed by atoms with Crippen molar-refractivity contribution in [2.24, 2.45) is 0 Å². The van der Waals surface area contributed by atoms with Gasteiger partial charge in [0.2, 0.25) is 5.91 Å². The average molecular weight is 419 g/mol. The molecule has 2 fully saturated rings. The lowest BCUT2D eigenvalue weighted by Gasteiger charge is -2.45. The van der Waals surface area contributed by atoms with Crippen LogP contribution in [0.25, 0.3) is 0 Å². The predicted octanol–water partition coefficient (Wildman–Crippen LogP) is 2.22. The van der Waals surface area contributed by atoms with Crippen molar-refractivity contribution in [3.63, 3.8) is 0 Å². The van der Waals surface area contributed by atoms with Gasteiger partial charge in [-0.1, -0.05) is 12.1 Å². The number of carbonyl (C=O) groups excluding carboxylic acids is 3. The van der Waals surface area contributed by atoms with E-state index in [1.54, 1.807) is 30.9 Å². The maximum atomic E-state index is 13.6. The zero-order chi connectivity index (χ0) is 22.0. The first kappa shape index (κ1) is 21.7. The average Bonchev–Trinajstić information content (AvgIpc) is 3.10. The van der Waals surface area contributed by atoms with Gasteiger partial charge in [0, 0.05) is 32.0 Å². The summed E-state index contributed by atoms with van der Waals surface area (Å²) in [5.41, 5.74) is 0.603. The van der Waals surface area contributed by atoms with Gasteiger partial charge < -0.3 is 14.9 Å². The molecule has 162 valence electrons. The minimum absolute atomic E-state index is 0.0301. The number of hydrogen-bond donors (Lipinski definition) is 1. The molecule has 2 aliphatic rings. The van der Waals surface area contributed by atoms with E-state index in [0.29, 0.717) is 18.5 Å². The van der Waals surface area contributed by atoms with E-state index < -0.39 is 41.9 Å². The second-order valence-corrected chi connectivity index (χ2v) is 7.98. The molecule has 0 saturated carbocycles. The normalized spacial score (nSPS) is 21.4. The number of imide groups is 1. The van der Waals surface area contributed by atoms with Crippen molar-refractivity contribution in [1.82, 2.24) is 14.7 Å². The van der Waals surface area contributed by atoms with Crippen molar-refractivity contribution < 1.29 is 28.7 Å². The second-order valence-electron chi connectivity index (χ2n) is 7.98. The Morgan fingerprint density at radius 1 is 1.23 bits per heavy atom. The van der Waals surface area contributed by atoms with Gasteiger partial charge in [0.1, 0.15) is 11.9 Å². The highest BCUT2D eigenvalue weighted by Gasteiger charge is 2.53. The minimum atomic E-state index is -0.978. The van der Waals surface area contributed by atoms with E-state index in [-0.39, 0.29) is 31.7 Å². The molecular formula is C21H26FN3O5. The topological polar surface area (TPSA) is 98.2 Å². The Morgan fingerprint density at radius 2 is 1.97 bits per heavy atom. The first-order valence-electron chi connectivity index (χ1n) is 10.1. The fourth-order valence-electron chi connectivity index (χ4n) is 4.22. The van der Waals surface area contributed by atoms with E-state index in [1.807, 2.05) is 0 Å². The molecule has 0 aliphatic carbocycles. The van der Waals surface area contributed by atoms with E-state index in [4.69, 9.17) is 5.11 Å². The number of carboxylic acid groups (broad SMARTS) is 1. The quantitative estimate of drug-likeness (QED) is 0.731. The standard InChI is InChI=1S/C21H26FN3O5/c1-13(2)25-20(29)19-16(9-10-23(19)17(26)7-4-8-18(27)28)24(21(25)30)12-14-5-3-6-15(22)11-14/h3,5-6,11,13,16,19H,4,7-10,12H2,1-2H3,(H,27,28)/t16-,19+/m1/s1. The lowest BCUT2D eigenvalue weighted by Crippen LogP contribution is -2.66. The number of halogens is 1. The Balaban J connectivity index is 1.85. The third kappa shape index (κ3) is 4.29. The number of benzene rings is 1. The van der Waals surface area contributed by atoms with E-state index in [2.05, 4.69) is 0 Å². The molecule has 2 saturated heterocycles. The number of hydrogen-bond acceptors (Lipinski definition) is 4. The van der Waals surface area contributed by atoms with Gasteiger partial charge in [-0.25, -0.2) is 9.18 Å². The summed E-state index contributed by atoms with van der Waals surface area (Å²) in [5.74, 6) is -2.10. The van der Waals surface area contributed by atoms with E-state index in [0.717, 1.165) is 4.90 Å². The van der Waals surface area contributed by atoms with E-state index in [1.165, 1.54) is 17.0 Å². The van der Waals surface area contributed by atoms with Crippen LogP contribution in [0.1, 0.15) is 45.1 Å². The summed E-state index contributed by atoms with van der Waals surface area (Å²) >= 11 is 0. The Kier molecular flexibility index (Phi) is 6.38. The predicted molar refractivity (Wildman–Crippen MR) is 105 cm³/mol. The van der Waals surface area contributed by atoms with Crippen LogP contribution in [-0.4, -0.2) is 68.3 Å². The number of amides is 4. The van der Waals surface area contributed by atoms with Crippen molar-refractivity contribution in [3.05, 3.63) is 35.6 Å². The first-order valence-corrected chi connectivity index (χ1v) is 10.1. The number of urea groups is 1. The van der Waals surface area contributed by atoms with Crippen LogP contribution in [-0.2, 0) is 20.9 Å². The summed E-state index contributed by atoms with van der Waals surface area (Å²) < 4.78 is 13.6. The Labute approximate surface area is 174 Å². The summed E-state index contributed by atoms with van der Waals surface area (Å²) in [6.45, 7) is 3.90. The molecule has 8 nitrogen and oxygen atoms in total. The molecule has 0 aromatic heterocycles. The van der Waals surface area contributed by atoms with Gasteiger partial charge in [-0.3, -0.25) is 19.3 Å². The molecule has 0 radical (unpaired) electrons. The van der Waals surface area contributed by atoms with Crippen LogP contribution in [0.2, 0.25) is 0 Å². The molecule has 3 rings (SSSR count). The number of fused-ring (bicyclic) bond motifs is 1. The van der Waals surface area contributed by atoms with Gasteiger partial charge >= 0.3 is 12.0 Å². The van der Waals surface area contributed by atoms with Crippen LogP contribution >= 0.6 is 0 Å². The van der Waals surface area contributed by atoms with Crippen molar-refractivity contribution >= 4 is 23.8 Å². The van der Waals surface area contributed by atoms with Crippen LogP contribution in [0.15, 0.2) is 24.3 Å². The van der Waals surface area contributed by atoms with Crippen molar-refractivity contribution in [2.75, 3.05) is 6.54 Å². The lowest BCUT2D eigenvalue weighted by atomic mass is 10.0. The highest BCUT2D eigenvalue weighted by Crippen LogP contribution is 2.33. The van der Waals surface area contributed by atoms with Gasteiger partial charge in [0.15, 0.2) is 0 Å². The minimum Gasteiger partial charge on any atom is -0.481 e. The molecule has 0 spiro atoms. The lowest BCUT2D eigenvalue weighted by molar-refractivity contribution is -0.147. The molecular weight excluding hydrogens is 393 g/mol. The molecule has 2 atom stereocenters. The third-order valence-electron chi connectivity index (χ3n) is 5.57. The van der Waals surface area contributed by atoms with E-state index >= 15 is 0 Å². The highest BCUT2D eigenvalue weighted by atomic mass is 19.1. The van der Waals surface area contributed by atoms with Crippen molar-refractivity contribution in [3.8, 4) is 0 Å². The van der Waals surface area contributed by atoms with E-state index in [9.17, 15) is 23.6 Å². The SMILES string of the molecule is CC(C)N1C(=O)[C@@H]2[C@@H](CCN2C(=O)CCCC(=O)O)N(Cc2cccc(F)c2)C1=O. The fourth-order valence-corrected chi connectivity index (χ4v) is 4.22. The van der Waals surface area contributed by atoms with Crippen molar-refractivity contribution in [2.45, 2.75) is 64.2 Å². The number of carboxylic acids is 1. The molecule has 2 aliphatic heterocycles. The summed E-state index contributed by atoms with van der Waals surface area (Å²) in [5, 5.41) is 8.78. The second kappa shape index (κ2) is 8.81. The Morgan fingerprint density at radius 3 is 2.60 bits per heavy atom. The van der Waals surface area contributed by atoms with Crippen LogP contribution in [0, 0.1) is 5.82 Å². The molecule has 1 aromatic carbocycles. The molecule has 0 bridgehead atoms. The molecule has 30 heavy (non-hydrogen) atoms. The maximum absolute atomic E-state index is 13.6. The fraction of sp³-hybridized carbons (Fsp3) is 0.524. The van der Waals surface area contributed by atoms with Crippen LogP contribution in [0.5, 0.6) is 0 Å². The Bertz CT molecular complexity index is 859. The van der Waals surface area contributed by atoms with Gasteiger partial charge in [-0.15, -0.1) is 0 Å². The van der Waals surface area contributed by atoms with Crippen LogP contribution in [0.3, 0.4) is 0 Å². The summed E-state index contributed by atoms with van der Waals surface area (Å²) in [6.07, 6.45) is 0.538. The highest BCUT2D eigenvalue weighted by molar-refractivity contribution is 6.02. The van der Waals surface area contributed by atoms with Crippen LogP contribution < -0.4 is 0 Å². The zero-order valence-electron chi connectivity index (χ0n) is 17.1. The van der Waals surface area contributed by atoms with Crippen LogP contribution in [0.4, 0.5) is 9.18 Å². The van der Waals surface area contributed by atoms with Gasteiger partial charge in [0.25, 0.3) is 5.91 Å². The number of carbonyl (C=O) groups is 4. The molecule has 1 N–H and O–H groups in total. The smallest absolute Gasteiger partial charge is 0.327 e. The first-order chi connectivity index (χ1) is 14.2. The van der Waals surface area contributed by atoms with Crippen molar-refractivity contribution in [1.29, 1.82) is 0 Å².